The lowest BCUT2D eigenvalue weighted by molar-refractivity contribution is -0.119. The number of anilines is 1. The fourth-order valence-electron chi connectivity index (χ4n) is 2.33. The number of hydrogen-bond acceptors (Lipinski definition) is 3. The van der Waals surface area contributed by atoms with Crippen molar-refractivity contribution in [2.45, 2.75) is 0 Å². The number of ether oxygens (including phenoxy) is 1. The molecule has 4 nitrogen and oxygen atoms in total. The van der Waals surface area contributed by atoms with Gasteiger partial charge in [-0.25, -0.2) is 9.18 Å². The molecule has 25 heavy (non-hydrogen) atoms. The van der Waals surface area contributed by atoms with E-state index in [-0.39, 0.29) is 10.6 Å². The standard InChI is InChI=1S/C19H13ClFNO3/c20-14-6-8-17(21)16(10-14)19(24)25-11-18(23)22-15-7-5-12-3-1-2-4-13(12)9-15/h1-10H,11H2,(H,22,23). The van der Waals surface area contributed by atoms with Gasteiger partial charge in [0.15, 0.2) is 6.61 Å². The minimum atomic E-state index is -0.950. The molecule has 126 valence electrons. The number of halogens is 2. The van der Waals surface area contributed by atoms with Crippen LogP contribution < -0.4 is 5.32 Å². The molecule has 1 N–H and O–H groups in total. The van der Waals surface area contributed by atoms with Gasteiger partial charge in [-0.1, -0.05) is 41.9 Å². The van der Waals surface area contributed by atoms with Crippen LogP contribution >= 0.6 is 11.6 Å². The van der Waals surface area contributed by atoms with Crippen molar-refractivity contribution >= 4 is 39.9 Å². The highest BCUT2D eigenvalue weighted by Crippen LogP contribution is 2.19. The molecule has 0 fully saturated rings. The summed E-state index contributed by atoms with van der Waals surface area (Å²) in [5, 5.41) is 4.85. The van der Waals surface area contributed by atoms with Crippen molar-refractivity contribution in [1.82, 2.24) is 0 Å². The van der Waals surface area contributed by atoms with Crippen molar-refractivity contribution in [2.75, 3.05) is 11.9 Å². The number of hydrogen-bond donors (Lipinski definition) is 1. The molecule has 0 saturated heterocycles. The largest absolute Gasteiger partial charge is 0.452 e. The summed E-state index contributed by atoms with van der Waals surface area (Å²) in [6.45, 7) is -0.530. The van der Waals surface area contributed by atoms with Gasteiger partial charge in [0.25, 0.3) is 5.91 Å². The van der Waals surface area contributed by atoms with Gasteiger partial charge in [-0.05, 0) is 41.1 Å². The molecule has 0 saturated carbocycles. The van der Waals surface area contributed by atoms with Gasteiger partial charge in [0.2, 0.25) is 0 Å². The molecule has 0 atom stereocenters. The first kappa shape index (κ1) is 16.9. The molecule has 0 aliphatic rings. The van der Waals surface area contributed by atoms with Crippen molar-refractivity contribution in [3.63, 3.8) is 0 Å². The molecule has 3 aromatic rings. The summed E-state index contributed by atoms with van der Waals surface area (Å²) < 4.78 is 18.4. The Morgan fingerprint density at radius 2 is 1.76 bits per heavy atom. The summed E-state index contributed by atoms with van der Waals surface area (Å²) in [4.78, 5) is 23.8. The number of esters is 1. The maximum Gasteiger partial charge on any atom is 0.341 e. The molecule has 3 rings (SSSR count). The van der Waals surface area contributed by atoms with Crippen LogP contribution in [-0.2, 0) is 9.53 Å². The van der Waals surface area contributed by atoms with Crippen LogP contribution in [0.15, 0.2) is 60.7 Å². The van der Waals surface area contributed by atoms with Gasteiger partial charge >= 0.3 is 5.97 Å². The molecule has 1 amide bonds. The van der Waals surface area contributed by atoms with E-state index in [4.69, 9.17) is 16.3 Å². The first-order chi connectivity index (χ1) is 12.0. The van der Waals surface area contributed by atoms with Crippen molar-refractivity contribution in [1.29, 1.82) is 0 Å². The van der Waals surface area contributed by atoms with Crippen LogP contribution in [-0.4, -0.2) is 18.5 Å². The molecule has 0 aliphatic carbocycles. The van der Waals surface area contributed by atoms with E-state index >= 15 is 0 Å². The SMILES string of the molecule is O=C(COC(=O)c1cc(Cl)ccc1F)Nc1ccc2ccccc2c1. The summed E-state index contributed by atoms with van der Waals surface area (Å²) in [5.41, 5.74) is 0.264. The van der Waals surface area contributed by atoms with Gasteiger partial charge in [0.05, 0.1) is 5.56 Å². The Kier molecular flexibility index (Phi) is 4.95. The molecule has 0 aliphatic heterocycles. The highest BCUT2D eigenvalue weighted by Gasteiger charge is 2.15. The number of fused-ring (bicyclic) bond motifs is 1. The highest BCUT2D eigenvalue weighted by molar-refractivity contribution is 6.30. The maximum absolute atomic E-state index is 13.6. The van der Waals surface area contributed by atoms with Crippen LogP contribution in [0.4, 0.5) is 10.1 Å². The summed E-state index contributed by atoms with van der Waals surface area (Å²) in [6.07, 6.45) is 0. The fourth-order valence-corrected chi connectivity index (χ4v) is 2.50. The predicted octanol–water partition coefficient (Wildman–Crippen LogP) is 4.43. The minimum Gasteiger partial charge on any atom is -0.452 e. The number of rotatable bonds is 4. The second-order valence-corrected chi connectivity index (χ2v) is 5.75. The lowest BCUT2D eigenvalue weighted by atomic mass is 10.1. The van der Waals surface area contributed by atoms with Crippen LogP contribution in [0.2, 0.25) is 5.02 Å². The molecule has 0 aromatic heterocycles. The lowest BCUT2D eigenvalue weighted by Gasteiger charge is -2.08. The van der Waals surface area contributed by atoms with E-state index in [9.17, 15) is 14.0 Å². The average Bonchev–Trinajstić information content (AvgIpc) is 2.61. The van der Waals surface area contributed by atoms with E-state index in [1.165, 1.54) is 6.07 Å². The molecular weight excluding hydrogens is 345 g/mol. The van der Waals surface area contributed by atoms with Crippen LogP contribution in [0.3, 0.4) is 0 Å². The normalized spacial score (nSPS) is 10.5. The van der Waals surface area contributed by atoms with E-state index in [2.05, 4.69) is 5.32 Å². The topological polar surface area (TPSA) is 55.4 Å². The van der Waals surface area contributed by atoms with Gasteiger partial charge in [0, 0.05) is 10.7 Å². The summed E-state index contributed by atoms with van der Waals surface area (Å²) in [7, 11) is 0. The Balaban J connectivity index is 1.62. The van der Waals surface area contributed by atoms with E-state index in [0.29, 0.717) is 5.69 Å². The van der Waals surface area contributed by atoms with E-state index < -0.39 is 24.3 Å². The molecule has 0 unspecified atom stereocenters. The van der Waals surface area contributed by atoms with Crippen LogP contribution in [0.25, 0.3) is 10.8 Å². The Bertz CT molecular complexity index is 958. The van der Waals surface area contributed by atoms with Gasteiger partial charge in [-0.2, -0.15) is 0 Å². The Morgan fingerprint density at radius 3 is 2.56 bits per heavy atom. The number of carbonyl (C=O) groups excluding carboxylic acids is 2. The zero-order valence-electron chi connectivity index (χ0n) is 13.0. The minimum absolute atomic E-state index is 0.203. The summed E-state index contributed by atoms with van der Waals surface area (Å²) >= 11 is 5.72. The van der Waals surface area contributed by atoms with Crippen molar-refractivity contribution < 1.29 is 18.7 Å². The van der Waals surface area contributed by atoms with E-state index in [1.807, 2.05) is 36.4 Å². The smallest absolute Gasteiger partial charge is 0.341 e. The molecule has 0 radical (unpaired) electrons. The van der Waals surface area contributed by atoms with Gasteiger partial charge in [-0.3, -0.25) is 4.79 Å². The van der Waals surface area contributed by atoms with Crippen LogP contribution in [0.1, 0.15) is 10.4 Å². The number of amides is 1. The molecule has 6 heteroatoms. The number of carbonyl (C=O) groups is 2. The third kappa shape index (κ3) is 4.14. The van der Waals surface area contributed by atoms with Crippen LogP contribution in [0, 0.1) is 5.82 Å². The molecule has 0 heterocycles. The summed E-state index contributed by atoms with van der Waals surface area (Å²) in [6, 6.07) is 16.7. The monoisotopic (exact) mass is 357 g/mol. The maximum atomic E-state index is 13.6. The second kappa shape index (κ2) is 7.32. The fraction of sp³-hybridized carbons (Fsp3) is 0.0526. The van der Waals surface area contributed by atoms with Gasteiger partial charge in [-0.15, -0.1) is 0 Å². The van der Waals surface area contributed by atoms with Crippen molar-refractivity contribution in [2.24, 2.45) is 0 Å². The Hall–Kier alpha value is -2.92. The van der Waals surface area contributed by atoms with E-state index in [1.54, 1.807) is 6.07 Å². The van der Waals surface area contributed by atoms with E-state index in [0.717, 1.165) is 22.9 Å². The van der Waals surface area contributed by atoms with Crippen molar-refractivity contribution in [3.8, 4) is 0 Å². The quantitative estimate of drug-likeness (QED) is 0.703. The third-order valence-electron chi connectivity index (χ3n) is 3.52. The zero-order chi connectivity index (χ0) is 17.8. The van der Waals surface area contributed by atoms with Gasteiger partial charge < -0.3 is 10.1 Å². The molecule has 3 aromatic carbocycles. The van der Waals surface area contributed by atoms with Crippen LogP contribution in [0.5, 0.6) is 0 Å². The highest BCUT2D eigenvalue weighted by atomic mass is 35.5. The van der Waals surface area contributed by atoms with Crippen molar-refractivity contribution in [3.05, 3.63) is 77.1 Å². The zero-order valence-corrected chi connectivity index (χ0v) is 13.7. The average molecular weight is 358 g/mol. The Morgan fingerprint density at radius 1 is 1.00 bits per heavy atom. The Labute approximate surface area is 148 Å². The first-order valence-electron chi connectivity index (χ1n) is 7.44. The first-order valence-corrected chi connectivity index (χ1v) is 7.81. The number of nitrogens with one attached hydrogen (secondary N) is 1. The lowest BCUT2D eigenvalue weighted by Crippen LogP contribution is -2.21. The molecule has 0 bridgehead atoms. The molecular formula is C19H13ClFNO3. The predicted molar refractivity (Wildman–Crippen MR) is 94.3 cm³/mol. The van der Waals surface area contributed by atoms with Gasteiger partial charge in [0.1, 0.15) is 5.82 Å². The summed E-state index contributed by atoms with van der Waals surface area (Å²) in [5.74, 6) is -2.23. The number of benzene rings is 3. The third-order valence-corrected chi connectivity index (χ3v) is 3.75. The second-order valence-electron chi connectivity index (χ2n) is 5.31. The molecule has 0 spiro atoms.